The average molecular weight is 414 g/mol. The second kappa shape index (κ2) is 7.97. The lowest BCUT2D eigenvalue weighted by Gasteiger charge is -2.28. The molecule has 8 heteroatoms. The third kappa shape index (κ3) is 4.41. The Labute approximate surface area is 167 Å². The second-order valence-electron chi connectivity index (χ2n) is 7.97. The van der Waals surface area contributed by atoms with Gasteiger partial charge in [-0.1, -0.05) is 6.07 Å². The van der Waals surface area contributed by atoms with Gasteiger partial charge >= 0.3 is 0 Å². The van der Waals surface area contributed by atoms with Gasteiger partial charge in [-0.2, -0.15) is 0 Å². The molecule has 1 amide bonds. The summed E-state index contributed by atoms with van der Waals surface area (Å²) in [7, 11) is -3.22. The molecular weight excluding hydrogens is 386 g/mol. The average Bonchev–Trinajstić information content (AvgIpc) is 3.10. The van der Waals surface area contributed by atoms with Crippen molar-refractivity contribution in [2.24, 2.45) is 5.92 Å². The highest BCUT2D eigenvalue weighted by atomic mass is 35.5. The summed E-state index contributed by atoms with van der Waals surface area (Å²) in [5, 5.41) is 6.58. The normalized spacial score (nSPS) is 28.6. The van der Waals surface area contributed by atoms with Crippen molar-refractivity contribution in [2.75, 3.05) is 21.9 Å². The van der Waals surface area contributed by atoms with E-state index in [1.165, 1.54) is 17.1 Å². The number of nitrogens with one attached hydrogen (secondary N) is 2. The van der Waals surface area contributed by atoms with Gasteiger partial charge in [-0.25, -0.2) is 8.42 Å². The molecule has 4 rings (SSSR count). The van der Waals surface area contributed by atoms with Gasteiger partial charge in [0, 0.05) is 30.7 Å². The van der Waals surface area contributed by atoms with Crippen LogP contribution in [0.15, 0.2) is 18.2 Å². The van der Waals surface area contributed by atoms with Crippen LogP contribution >= 0.6 is 12.4 Å². The summed E-state index contributed by atoms with van der Waals surface area (Å²) in [6, 6.07) is 6.69. The van der Waals surface area contributed by atoms with Crippen molar-refractivity contribution in [3.63, 3.8) is 0 Å². The van der Waals surface area contributed by atoms with E-state index in [9.17, 15) is 13.2 Å². The fourth-order valence-electron chi connectivity index (χ4n) is 4.68. The van der Waals surface area contributed by atoms with Gasteiger partial charge in [0.1, 0.15) is 0 Å². The van der Waals surface area contributed by atoms with Crippen LogP contribution in [0.3, 0.4) is 0 Å². The molecular formula is C19H28ClN3O3S. The van der Waals surface area contributed by atoms with Crippen molar-refractivity contribution in [2.45, 2.75) is 57.5 Å². The van der Waals surface area contributed by atoms with Gasteiger partial charge in [0.05, 0.1) is 11.4 Å². The summed E-state index contributed by atoms with van der Waals surface area (Å²) in [4.78, 5) is 12.5. The van der Waals surface area contributed by atoms with E-state index in [0.29, 0.717) is 48.8 Å². The van der Waals surface area contributed by atoms with Crippen LogP contribution in [0.2, 0.25) is 0 Å². The smallest absolute Gasteiger partial charge is 0.235 e. The fourth-order valence-corrected chi connectivity index (χ4v) is 6.30. The lowest BCUT2D eigenvalue weighted by molar-refractivity contribution is -0.117. The predicted octanol–water partition coefficient (Wildman–Crippen LogP) is 2.82. The van der Waals surface area contributed by atoms with Crippen LogP contribution < -0.4 is 14.9 Å². The number of carbonyl (C=O) groups is 1. The van der Waals surface area contributed by atoms with Gasteiger partial charge in [0.25, 0.3) is 0 Å². The molecule has 150 valence electrons. The first kappa shape index (κ1) is 20.4. The van der Waals surface area contributed by atoms with Crippen LogP contribution in [0.5, 0.6) is 0 Å². The maximum Gasteiger partial charge on any atom is 0.235 e. The van der Waals surface area contributed by atoms with Gasteiger partial charge in [0.2, 0.25) is 15.9 Å². The van der Waals surface area contributed by atoms with Gasteiger partial charge in [-0.15, -0.1) is 12.4 Å². The third-order valence-electron chi connectivity index (χ3n) is 5.91. The summed E-state index contributed by atoms with van der Waals surface area (Å²) >= 11 is 0. The van der Waals surface area contributed by atoms with E-state index < -0.39 is 10.0 Å². The first-order valence-corrected chi connectivity index (χ1v) is 11.2. The summed E-state index contributed by atoms with van der Waals surface area (Å²) in [5.74, 6) is 0.661. The minimum absolute atomic E-state index is 0. The lowest BCUT2D eigenvalue weighted by Crippen LogP contribution is -2.39. The Kier molecular flexibility index (Phi) is 6.03. The number of sulfonamides is 1. The maximum absolute atomic E-state index is 12.5. The minimum atomic E-state index is -3.22. The molecule has 6 nitrogen and oxygen atoms in total. The summed E-state index contributed by atoms with van der Waals surface area (Å²) in [5.41, 5.74) is 2.26. The van der Waals surface area contributed by atoms with Crippen LogP contribution in [0.25, 0.3) is 0 Å². The minimum Gasteiger partial charge on any atom is -0.326 e. The Morgan fingerprint density at radius 3 is 2.59 bits per heavy atom. The zero-order chi connectivity index (χ0) is 18.3. The second-order valence-corrected chi connectivity index (χ2v) is 9.98. The third-order valence-corrected chi connectivity index (χ3v) is 7.76. The maximum atomic E-state index is 12.5. The Morgan fingerprint density at radius 1 is 1.26 bits per heavy atom. The predicted molar refractivity (Wildman–Crippen MR) is 110 cm³/mol. The molecule has 0 radical (unpaired) electrons. The molecule has 27 heavy (non-hydrogen) atoms. The molecule has 0 saturated carbocycles. The molecule has 3 saturated heterocycles. The number of anilines is 2. The van der Waals surface area contributed by atoms with Gasteiger partial charge < -0.3 is 10.6 Å². The first-order valence-electron chi connectivity index (χ1n) is 9.58. The number of carbonyl (C=O) groups excluding carboxylic acids is 1. The van der Waals surface area contributed by atoms with E-state index in [1.807, 2.05) is 19.1 Å². The van der Waals surface area contributed by atoms with Crippen molar-refractivity contribution in [3.8, 4) is 0 Å². The monoisotopic (exact) mass is 413 g/mol. The van der Waals surface area contributed by atoms with Crippen LogP contribution in [0.4, 0.5) is 11.4 Å². The van der Waals surface area contributed by atoms with Gasteiger partial charge in [0.15, 0.2) is 0 Å². The Hall–Kier alpha value is -1.31. The van der Waals surface area contributed by atoms with E-state index in [1.54, 1.807) is 6.07 Å². The largest absolute Gasteiger partial charge is 0.326 e. The summed E-state index contributed by atoms with van der Waals surface area (Å²) < 4.78 is 25.9. The van der Waals surface area contributed by atoms with E-state index in [2.05, 4.69) is 10.6 Å². The number of rotatable bonds is 4. The molecule has 2 atom stereocenters. The molecule has 3 heterocycles. The van der Waals surface area contributed by atoms with Crippen molar-refractivity contribution < 1.29 is 13.2 Å². The molecule has 1 aromatic rings. The van der Waals surface area contributed by atoms with E-state index in [-0.39, 0.29) is 24.1 Å². The number of hydrogen-bond donors (Lipinski definition) is 2. The van der Waals surface area contributed by atoms with E-state index in [4.69, 9.17) is 0 Å². The Morgan fingerprint density at radius 2 is 1.96 bits per heavy atom. The highest BCUT2D eigenvalue weighted by molar-refractivity contribution is 7.93. The van der Waals surface area contributed by atoms with E-state index in [0.717, 1.165) is 18.4 Å². The quantitative estimate of drug-likeness (QED) is 0.795. The number of amides is 1. The van der Waals surface area contributed by atoms with E-state index >= 15 is 0 Å². The van der Waals surface area contributed by atoms with Gasteiger partial charge in [-0.3, -0.25) is 9.10 Å². The molecule has 3 fully saturated rings. The number of piperidine rings is 1. The van der Waals surface area contributed by atoms with Crippen LogP contribution in [-0.2, 0) is 14.8 Å². The molecule has 2 unspecified atom stereocenters. The molecule has 0 aromatic heterocycles. The molecule has 0 aliphatic carbocycles. The molecule has 0 spiro atoms. The highest BCUT2D eigenvalue weighted by Crippen LogP contribution is 2.33. The van der Waals surface area contributed by atoms with Crippen molar-refractivity contribution in [1.82, 2.24) is 5.32 Å². The first-order chi connectivity index (χ1) is 12.4. The Balaban J connectivity index is 0.00000210. The summed E-state index contributed by atoms with van der Waals surface area (Å²) in [6.07, 6.45) is 5.81. The van der Waals surface area contributed by atoms with Crippen LogP contribution in [-0.4, -0.2) is 38.7 Å². The van der Waals surface area contributed by atoms with Crippen molar-refractivity contribution in [3.05, 3.63) is 23.8 Å². The molecule has 3 aliphatic heterocycles. The fraction of sp³-hybridized carbons (Fsp3) is 0.632. The van der Waals surface area contributed by atoms with Crippen molar-refractivity contribution >= 4 is 39.7 Å². The molecule has 2 N–H and O–H groups in total. The zero-order valence-electron chi connectivity index (χ0n) is 15.6. The summed E-state index contributed by atoms with van der Waals surface area (Å²) in [6.45, 7) is 2.41. The standard InChI is InChI=1S/C19H27N3O3S.ClH/c1-13-3-4-17(12-18(13)22-7-2-8-26(22,24)25)21-19(23)11-14-9-15-5-6-16(10-14)20-15;/h3-4,12,14-16,20H,2,5-11H2,1H3,(H,21,23);1H. The topological polar surface area (TPSA) is 78.5 Å². The molecule has 1 aromatic carbocycles. The Bertz CT molecular complexity index is 802. The van der Waals surface area contributed by atoms with Crippen molar-refractivity contribution in [1.29, 1.82) is 0 Å². The van der Waals surface area contributed by atoms with Gasteiger partial charge in [-0.05, 0) is 62.6 Å². The molecule has 3 aliphatic rings. The highest BCUT2D eigenvalue weighted by Gasteiger charge is 2.34. The van der Waals surface area contributed by atoms with Crippen LogP contribution in [0, 0.1) is 12.8 Å². The number of benzene rings is 1. The number of aryl methyl sites for hydroxylation is 1. The number of fused-ring (bicyclic) bond motifs is 2. The lowest BCUT2D eigenvalue weighted by atomic mass is 9.89. The number of nitrogens with zero attached hydrogens (tertiary/aromatic N) is 1. The van der Waals surface area contributed by atoms with Crippen LogP contribution in [0.1, 0.15) is 44.1 Å². The number of hydrogen-bond acceptors (Lipinski definition) is 4. The molecule has 2 bridgehead atoms. The zero-order valence-corrected chi connectivity index (χ0v) is 17.2. The number of halogens is 1. The SMILES string of the molecule is Cc1ccc(NC(=O)CC2CC3CCC(C2)N3)cc1N1CCCS1(=O)=O.Cl.